The lowest BCUT2D eigenvalue weighted by molar-refractivity contribution is -0.130. The van der Waals surface area contributed by atoms with Crippen LogP contribution in [0, 0.1) is 0 Å². The summed E-state index contributed by atoms with van der Waals surface area (Å²) in [5, 5.41) is 3.05. The molecule has 0 bridgehead atoms. The van der Waals surface area contributed by atoms with Gasteiger partial charge in [0.1, 0.15) is 5.75 Å². The molecule has 144 valence electrons. The fourth-order valence-electron chi connectivity index (χ4n) is 3.41. The highest BCUT2D eigenvalue weighted by atomic mass is 35.5. The van der Waals surface area contributed by atoms with Gasteiger partial charge in [0.2, 0.25) is 5.91 Å². The number of hydrogen-bond acceptors (Lipinski definition) is 3. The second kappa shape index (κ2) is 8.57. The van der Waals surface area contributed by atoms with Crippen LogP contribution < -0.4 is 10.1 Å². The van der Waals surface area contributed by atoms with Gasteiger partial charge in [0.25, 0.3) is 0 Å². The Morgan fingerprint density at radius 2 is 2.11 bits per heavy atom. The first-order chi connectivity index (χ1) is 13.0. The molecule has 0 spiro atoms. The second-order valence-electron chi connectivity index (χ2n) is 6.49. The average molecular weight is 395 g/mol. The Labute approximate surface area is 162 Å². The van der Waals surface area contributed by atoms with Crippen molar-refractivity contribution in [3.63, 3.8) is 0 Å². The molecule has 2 aromatic carbocycles. The van der Waals surface area contributed by atoms with E-state index in [1.54, 1.807) is 11.0 Å². The van der Waals surface area contributed by atoms with Gasteiger partial charge in [0.05, 0.1) is 17.6 Å². The number of benzene rings is 2. The van der Waals surface area contributed by atoms with Gasteiger partial charge in [-0.3, -0.25) is 4.79 Å². The molecule has 1 N–H and O–H groups in total. The molecule has 1 aliphatic carbocycles. The highest BCUT2D eigenvalue weighted by Crippen LogP contribution is 2.33. The Hall–Kier alpha value is -2.34. The standard InChI is InChI=1S/C20H21ClF2N2O2/c1-25(17-8-4-6-13-5-2-3-7-15(13)17)19(26)12-24-14-9-10-18(16(21)11-14)27-20(22)23/h2-3,5,7,9-11,17,20,24H,4,6,8,12H2,1H3. The van der Waals surface area contributed by atoms with Crippen LogP contribution in [0.5, 0.6) is 5.75 Å². The first-order valence-electron chi connectivity index (χ1n) is 8.77. The molecule has 2 aromatic rings. The smallest absolute Gasteiger partial charge is 0.387 e. The van der Waals surface area contributed by atoms with Crippen molar-refractivity contribution in [1.82, 2.24) is 4.90 Å². The number of fused-ring (bicyclic) bond motifs is 1. The van der Waals surface area contributed by atoms with E-state index in [4.69, 9.17) is 11.6 Å². The van der Waals surface area contributed by atoms with Crippen LogP contribution in [0.4, 0.5) is 14.5 Å². The summed E-state index contributed by atoms with van der Waals surface area (Å²) in [7, 11) is 1.81. The summed E-state index contributed by atoms with van der Waals surface area (Å²) in [5.74, 6) is -0.153. The molecule has 4 nitrogen and oxygen atoms in total. The quantitative estimate of drug-likeness (QED) is 0.758. The van der Waals surface area contributed by atoms with Crippen LogP contribution in [0.25, 0.3) is 0 Å². The number of ether oxygens (including phenoxy) is 1. The lowest BCUT2D eigenvalue weighted by Crippen LogP contribution is -2.36. The number of hydrogen-bond donors (Lipinski definition) is 1. The lowest BCUT2D eigenvalue weighted by atomic mass is 9.87. The topological polar surface area (TPSA) is 41.6 Å². The second-order valence-corrected chi connectivity index (χ2v) is 6.90. The Balaban J connectivity index is 1.62. The van der Waals surface area contributed by atoms with Crippen LogP contribution in [-0.2, 0) is 11.2 Å². The van der Waals surface area contributed by atoms with E-state index in [0.29, 0.717) is 5.69 Å². The number of aryl methyl sites for hydroxylation is 1. The number of nitrogens with zero attached hydrogens (tertiary/aromatic N) is 1. The lowest BCUT2D eigenvalue weighted by Gasteiger charge is -2.33. The Bertz CT molecular complexity index is 816. The van der Waals surface area contributed by atoms with Crippen LogP contribution in [0.2, 0.25) is 5.02 Å². The summed E-state index contributed by atoms with van der Waals surface area (Å²) in [5.41, 5.74) is 3.06. The molecule has 7 heteroatoms. The van der Waals surface area contributed by atoms with E-state index < -0.39 is 6.61 Å². The van der Waals surface area contributed by atoms with E-state index >= 15 is 0 Å². The van der Waals surface area contributed by atoms with Gasteiger partial charge in [-0.1, -0.05) is 35.9 Å². The van der Waals surface area contributed by atoms with Gasteiger partial charge in [0, 0.05) is 12.7 Å². The molecule has 1 unspecified atom stereocenters. The van der Waals surface area contributed by atoms with Crippen LogP contribution in [0.3, 0.4) is 0 Å². The summed E-state index contributed by atoms with van der Waals surface area (Å²) in [6, 6.07) is 12.6. The molecule has 0 radical (unpaired) electrons. The van der Waals surface area contributed by atoms with Crippen molar-refractivity contribution in [3.8, 4) is 5.75 Å². The number of nitrogens with one attached hydrogen (secondary N) is 1. The molecule has 0 aromatic heterocycles. The van der Waals surface area contributed by atoms with Gasteiger partial charge in [-0.15, -0.1) is 0 Å². The number of carbonyl (C=O) groups is 1. The molecule has 0 saturated carbocycles. The molecule has 1 amide bonds. The van der Waals surface area contributed by atoms with Crippen LogP contribution in [-0.4, -0.2) is 31.0 Å². The van der Waals surface area contributed by atoms with Crippen LogP contribution in [0.15, 0.2) is 42.5 Å². The number of anilines is 1. The van der Waals surface area contributed by atoms with Crippen molar-refractivity contribution in [3.05, 3.63) is 58.6 Å². The monoisotopic (exact) mass is 394 g/mol. The summed E-state index contributed by atoms with van der Waals surface area (Å²) < 4.78 is 28.9. The van der Waals surface area contributed by atoms with Gasteiger partial charge >= 0.3 is 6.61 Å². The van der Waals surface area contributed by atoms with Crippen molar-refractivity contribution in [2.24, 2.45) is 0 Å². The molecule has 0 fully saturated rings. The van der Waals surface area contributed by atoms with E-state index in [1.807, 2.05) is 19.2 Å². The van der Waals surface area contributed by atoms with E-state index in [1.165, 1.54) is 23.3 Å². The zero-order valence-electron chi connectivity index (χ0n) is 14.9. The van der Waals surface area contributed by atoms with Crippen molar-refractivity contribution in [1.29, 1.82) is 0 Å². The zero-order chi connectivity index (χ0) is 19.4. The van der Waals surface area contributed by atoms with Gasteiger partial charge in [0.15, 0.2) is 0 Å². The van der Waals surface area contributed by atoms with Gasteiger partial charge in [-0.2, -0.15) is 8.78 Å². The molecule has 27 heavy (non-hydrogen) atoms. The summed E-state index contributed by atoms with van der Waals surface area (Å²) >= 11 is 5.94. The fraction of sp³-hybridized carbons (Fsp3) is 0.350. The molecule has 0 heterocycles. The number of amides is 1. The number of likely N-dealkylation sites (N-methyl/N-ethyl adjacent to an activating group) is 1. The van der Waals surface area contributed by atoms with Crippen molar-refractivity contribution < 1.29 is 18.3 Å². The SMILES string of the molecule is CN(C(=O)CNc1ccc(OC(F)F)c(Cl)c1)C1CCCc2ccccc21. The van der Waals surface area contributed by atoms with Crippen LogP contribution in [0.1, 0.15) is 30.0 Å². The van der Waals surface area contributed by atoms with E-state index in [2.05, 4.69) is 22.2 Å². The number of alkyl halides is 2. The summed E-state index contributed by atoms with van der Waals surface area (Å²) in [6.45, 7) is -2.85. The molecule has 1 atom stereocenters. The average Bonchev–Trinajstić information content (AvgIpc) is 2.66. The third-order valence-electron chi connectivity index (χ3n) is 4.79. The highest BCUT2D eigenvalue weighted by molar-refractivity contribution is 6.32. The molecular formula is C20H21ClF2N2O2. The first kappa shape index (κ1) is 19.4. The molecule has 3 rings (SSSR count). The minimum Gasteiger partial charge on any atom is -0.433 e. The zero-order valence-corrected chi connectivity index (χ0v) is 15.7. The van der Waals surface area contributed by atoms with E-state index in [9.17, 15) is 13.6 Å². The number of rotatable bonds is 6. The van der Waals surface area contributed by atoms with Gasteiger partial charge in [-0.05, 0) is 48.6 Å². The molecule has 0 aliphatic heterocycles. The third kappa shape index (κ3) is 4.69. The molecule has 1 aliphatic rings. The minimum absolute atomic E-state index is 0.0549. The van der Waals surface area contributed by atoms with Crippen molar-refractivity contribution >= 4 is 23.2 Å². The third-order valence-corrected chi connectivity index (χ3v) is 5.09. The van der Waals surface area contributed by atoms with Gasteiger partial charge in [-0.25, -0.2) is 0 Å². The fourth-order valence-corrected chi connectivity index (χ4v) is 3.63. The Kier molecular flexibility index (Phi) is 6.16. The predicted octanol–water partition coefficient (Wildman–Crippen LogP) is 4.89. The molecule has 0 saturated heterocycles. The maximum atomic E-state index is 12.6. The van der Waals surface area contributed by atoms with E-state index in [-0.39, 0.29) is 29.3 Å². The van der Waals surface area contributed by atoms with Crippen molar-refractivity contribution in [2.75, 3.05) is 18.9 Å². The first-order valence-corrected chi connectivity index (χ1v) is 9.15. The summed E-state index contributed by atoms with van der Waals surface area (Å²) in [6.07, 6.45) is 3.02. The van der Waals surface area contributed by atoms with Crippen molar-refractivity contribution in [2.45, 2.75) is 31.9 Å². The highest BCUT2D eigenvalue weighted by Gasteiger charge is 2.26. The summed E-state index contributed by atoms with van der Waals surface area (Å²) in [4.78, 5) is 14.4. The predicted molar refractivity (Wildman–Crippen MR) is 101 cm³/mol. The maximum absolute atomic E-state index is 12.6. The number of halogens is 3. The van der Waals surface area contributed by atoms with Crippen LogP contribution >= 0.6 is 11.6 Å². The maximum Gasteiger partial charge on any atom is 0.387 e. The Morgan fingerprint density at radius 1 is 1.33 bits per heavy atom. The number of carbonyl (C=O) groups excluding carboxylic acids is 1. The Morgan fingerprint density at radius 3 is 2.85 bits per heavy atom. The largest absolute Gasteiger partial charge is 0.433 e. The van der Waals surface area contributed by atoms with E-state index in [0.717, 1.165) is 19.3 Å². The molecular weight excluding hydrogens is 374 g/mol. The minimum atomic E-state index is -2.94. The normalized spacial score (nSPS) is 16.0. The van der Waals surface area contributed by atoms with Gasteiger partial charge < -0.3 is 15.0 Å².